The molecule has 0 bridgehead atoms. The Morgan fingerprint density at radius 2 is 1.91 bits per heavy atom. The number of aryl methyl sites for hydroxylation is 2. The Morgan fingerprint density at radius 3 is 2.56 bits per heavy atom. The molecule has 7 nitrogen and oxygen atoms in total. The highest BCUT2D eigenvalue weighted by Gasteiger charge is 2.30. The summed E-state index contributed by atoms with van der Waals surface area (Å²) in [5, 5.41) is 13.0. The Balaban J connectivity index is 1.57. The van der Waals surface area contributed by atoms with Crippen molar-refractivity contribution in [1.29, 1.82) is 0 Å². The first-order valence-electron chi connectivity index (χ1n) is 11.1. The highest BCUT2D eigenvalue weighted by atomic mass is 16.1. The molecule has 3 aromatic heterocycles. The van der Waals surface area contributed by atoms with Crippen LogP contribution < -0.4 is 5.32 Å². The van der Waals surface area contributed by atoms with Crippen molar-refractivity contribution < 1.29 is 4.79 Å². The minimum atomic E-state index is -0.231. The van der Waals surface area contributed by atoms with Gasteiger partial charge >= 0.3 is 0 Å². The molecular weight excluding hydrogens is 400 g/mol. The van der Waals surface area contributed by atoms with Crippen molar-refractivity contribution in [2.75, 3.05) is 5.32 Å². The molecule has 0 atom stereocenters. The van der Waals surface area contributed by atoms with Crippen LogP contribution in [0.25, 0.3) is 16.7 Å². The number of carbonyl (C=O) groups is 1. The number of hydrogen-bond donors (Lipinski definition) is 1. The standard InChI is InChI=1S/C25H28N6O/c1-15-11-12-26-30(15)19-8-6-7-18(13-19)27-24(32)20-14-21(17-9-10-17)28-23-22(20)16(2)29-31(23)25(3,4)5/h6-8,11-14,17H,9-10H2,1-5H3,(H,27,32). The molecule has 1 aliphatic carbocycles. The lowest BCUT2D eigenvalue weighted by atomic mass is 10.1. The fourth-order valence-electron chi connectivity index (χ4n) is 4.10. The Bertz CT molecular complexity index is 1340. The zero-order chi connectivity index (χ0) is 22.6. The molecule has 0 aliphatic heterocycles. The Labute approximate surface area is 187 Å². The summed E-state index contributed by atoms with van der Waals surface area (Å²) in [5.41, 5.74) is 5.64. The van der Waals surface area contributed by atoms with E-state index in [1.807, 2.05) is 59.6 Å². The number of benzene rings is 1. The molecule has 3 heterocycles. The molecule has 1 fully saturated rings. The lowest BCUT2D eigenvalue weighted by Gasteiger charge is -2.20. The van der Waals surface area contributed by atoms with Crippen LogP contribution in [-0.2, 0) is 5.54 Å². The van der Waals surface area contributed by atoms with Gasteiger partial charge in [0.05, 0.1) is 27.9 Å². The molecule has 164 valence electrons. The van der Waals surface area contributed by atoms with E-state index in [0.29, 0.717) is 11.5 Å². The number of rotatable bonds is 4. The van der Waals surface area contributed by atoms with Crippen molar-refractivity contribution in [1.82, 2.24) is 24.5 Å². The number of pyridine rings is 1. The van der Waals surface area contributed by atoms with Crippen LogP contribution in [0.5, 0.6) is 0 Å². The molecule has 1 amide bonds. The van der Waals surface area contributed by atoms with Gasteiger partial charge in [0.15, 0.2) is 5.65 Å². The van der Waals surface area contributed by atoms with Gasteiger partial charge in [0, 0.05) is 29.2 Å². The normalized spacial score (nSPS) is 14.2. The van der Waals surface area contributed by atoms with Crippen molar-refractivity contribution in [3.63, 3.8) is 0 Å². The Kier molecular flexibility index (Phi) is 4.65. The molecule has 1 saturated carbocycles. The highest BCUT2D eigenvalue weighted by Crippen LogP contribution is 2.41. The van der Waals surface area contributed by atoms with E-state index in [1.54, 1.807) is 6.20 Å². The average molecular weight is 429 g/mol. The smallest absolute Gasteiger partial charge is 0.256 e. The van der Waals surface area contributed by atoms with E-state index in [9.17, 15) is 4.79 Å². The van der Waals surface area contributed by atoms with Gasteiger partial charge in [-0.05, 0) is 77.8 Å². The first-order valence-corrected chi connectivity index (χ1v) is 11.1. The van der Waals surface area contributed by atoms with Crippen LogP contribution in [0.1, 0.15) is 67.0 Å². The van der Waals surface area contributed by atoms with Crippen LogP contribution in [0, 0.1) is 13.8 Å². The number of anilines is 1. The summed E-state index contributed by atoms with van der Waals surface area (Å²) >= 11 is 0. The summed E-state index contributed by atoms with van der Waals surface area (Å²) in [7, 11) is 0. The predicted molar refractivity (Wildman–Crippen MR) is 125 cm³/mol. The van der Waals surface area contributed by atoms with E-state index in [0.717, 1.165) is 52.3 Å². The Hall–Kier alpha value is -3.48. The molecule has 7 heteroatoms. The number of aromatic nitrogens is 5. The SMILES string of the molecule is Cc1nn(C(C)(C)C)c2nc(C3CC3)cc(C(=O)Nc3cccc(-n4nccc4C)c3)c12. The third kappa shape index (κ3) is 3.57. The first kappa shape index (κ1) is 20.4. The van der Waals surface area contributed by atoms with Gasteiger partial charge in [-0.25, -0.2) is 14.3 Å². The Morgan fingerprint density at radius 1 is 1.12 bits per heavy atom. The van der Waals surface area contributed by atoms with E-state index in [-0.39, 0.29) is 11.4 Å². The average Bonchev–Trinajstić information content (AvgIpc) is 3.42. The minimum absolute atomic E-state index is 0.148. The zero-order valence-corrected chi connectivity index (χ0v) is 19.2. The van der Waals surface area contributed by atoms with E-state index < -0.39 is 0 Å². The van der Waals surface area contributed by atoms with Crippen LogP contribution in [-0.4, -0.2) is 30.5 Å². The number of nitrogens with one attached hydrogen (secondary N) is 1. The van der Waals surface area contributed by atoms with Crippen LogP contribution in [0.3, 0.4) is 0 Å². The van der Waals surface area contributed by atoms with Gasteiger partial charge in [0.1, 0.15) is 0 Å². The number of carbonyl (C=O) groups excluding carboxylic acids is 1. The maximum Gasteiger partial charge on any atom is 0.256 e. The van der Waals surface area contributed by atoms with Gasteiger partial charge in [-0.3, -0.25) is 4.79 Å². The van der Waals surface area contributed by atoms with Crippen molar-refractivity contribution in [2.45, 2.75) is 58.9 Å². The molecule has 1 aromatic carbocycles. The molecular formula is C25H28N6O. The van der Waals surface area contributed by atoms with Crippen molar-refractivity contribution in [3.8, 4) is 5.69 Å². The van der Waals surface area contributed by atoms with Crippen LogP contribution in [0.4, 0.5) is 5.69 Å². The third-order valence-electron chi connectivity index (χ3n) is 5.89. The van der Waals surface area contributed by atoms with Gasteiger partial charge in [-0.2, -0.15) is 10.2 Å². The molecule has 0 radical (unpaired) electrons. The van der Waals surface area contributed by atoms with Crippen LogP contribution in [0.15, 0.2) is 42.6 Å². The summed E-state index contributed by atoms with van der Waals surface area (Å²) in [4.78, 5) is 18.4. The summed E-state index contributed by atoms with van der Waals surface area (Å²) in [6, 6.07) is 11.6. The molecule has 0 spiro atoms. The van der Waals surface area contributed by atoms with Gasteiger partial charge < -0.3 is 5.32 Å². The van der Waals surface area contributed by atoms with Crippen LogP contribution >= 0.6 is 0 Å². The van der Waals surface area contributed by atoms with Crippen molar-refractivity contribution in [3.05, 3.63) is 65.2 Å². The quantitative estimate of drug-likeness (QED) is 0.489. The molecule has 32 heavy (non-hydrogen) atoms. The largest absolute Gasteiger partial charge is 0.322 e. The summed E-state index contributed by atoms with van der Waals surface area (Å²) < 4.78 is 3.80. The van der Waals surface area contributed by atoms with Crippen LogP contribution in [0.2, 0.25) is 0 Å². The monoisotopic (exact) mass is 428 g/mol. The number of hydrogen-bond acceptors (Lipinski definition) is 4. The van der Waals surface area contributed by atoms with Gasteiger partial charge in [-0.15, -0.1) is 0 Å². The number of amides is 1. The first-order chi connectivity index (χ1) is 15.2. The molecule has 5 rings (SSSR count). The highest BCUT2D eigenvalue weighted by molar-refractivity contribution is 6.12. The zero-order valence-electron chi connectivity index (χ0n) is 19.2. The summed E-state index contributed by atoms with van der Waals surface area (Å²) in [6.45, 7) is 10.3. The lowest BCUT2D eigenvalue weighted by Crippen LogP contribution is -2.23. The molecule has 4 aromatic rings. The predicted octanol–water partition coefficient (Wildman–Crippen LogP) is 5.12. The van der Waals surface area contributed by atoms with E-state index in [2.05, 4.69) is 31.2 Å². The summed E-state index contributed by atoms with van der Waals surface area (Å²) in [5.74, 6) is 0.283. The van der Waals surface area contributed by atoms with Gasteiger partial charge in [0.25, 0.3) is 5.91 Å². The lowest BCUT2D eigenvalue weighted by molar-refractivity contribution is 0.102. The second-order valence-corrected chi connectivity index (χ2v) is 9.62. The molecule has 0 saturated heterocycles. The molecule has 1 aliphatic rings. The minimum Gasteiger partial charge on any atom is -0.322 e. The fourth-order valence-corrected chi connectivity index (χ4v) is 4.10. The maximum atomic E-state index is 13.5. The summed E-state index contributed by atoms with van der Waals surface area (Å²) in [6.07, 6.45) is 4.00. The van der Waals surface area contributed by atoms with Crippen molar-refractivity contribution >= 4 is 22.6 Å². The van der Waals surface area contributed by atoms with E-state index in [1.165, 1.54) is 0 Å². The fraction of sp³-hybridized carbons (Fsp3) is 0.360. The number of nitrogens with zero attached hydrogens (tertiary/aromatic N) is 5. The number of fused-ring (bicyclic) bond motifs is 1. The van der Waals surface area contributed by atoms with Gasteiger partial charge in [-0.1, -0.05) is 6.07 Å². The van der Waals surface area contributed by atoms with E-state index in [4.69, 9.17) is 10.1 Å². The van der Waals surface area contributed by atoms with Crippen molar-refractivity contribution in [2.24, 2.45) is 0 Å². The molecule has 0 unspecified atom stereocenters. The topological polar surface area (TPSA) is 77.6 Å². The second-order valence-electron chi connectivity index (χ2n) is 9.62. The second kappa shape index (κ2) is 7.29. The molecule has 1 N–H and O–H groups in total. The van der Waals surface area contributed by atoms with Gasteiger partial charge in [0.2, 0.25) is 0 Å². The maximum absolute atomic E-state index is 13.5. The van der Waals surface area contributed by atoms with E-state index >= 15 is 0 Å². The third-order valence-corrected chi connectivity index (χ3v) is 5.89.